The van der Waals surface area contributed by atoms with E-state index in [2.05, 4.69) is 14.7 Å². The molecule has 0 aliphatic rings. The topological polar surface area (TPSA) is 38.9 Å². The van der Waals surface area contributed by atoms with Crippen LogP contribution in [0, 0.1) is 0 Å². The van der Waals surface area contributed by atoms with Crippen LogP contribution in [0.3, 0.4) is 0 Å². The molecule has 0 saturated carbocycles. The van der Waals surface area contributed by atoms with E-state index in [1.807, 2.05) is 43.3 Å². The third-order valence-electron chi connectivity index (χ3n) is 1.89. The largest absolute Gasteiger partial charge is 0.342 e. The molecule has 0 aliphatic heterocycles. The summed E-state index contributed by atoms with van der Waals surface area (Å²) in [5.74, 6) is 0.622. The minimum atomic E-state index is 0.622. The van der Waals surface area contributed by atoms with E-state index >= 15 is 0 Å². The van der Waals surface area contributed by atoms with Crippen molar-refractivity contribution in [3.63, 3.8) is 0 Å². The average Bonchev–Trinajstić information content (AvgIpc) is 2.72. The van der Waals surface area contributed by atoms with Gasteiger partial charge in [0.2, 0.25) is 12.2 Å². The third kappa shape index (κ3) is 1.71. The molecule has 14 heavy (non-hydrogen) atoms. The van der Waals surface area contributed by atoms with Gasteiger partial charge in [0.1, 0.15) is 0 Å². The smallest absolute Gasteiger partial charge is 0.214 e. The molecule has 1 aromatic carbocycles. The molecule has 0 spiro atoms. The molecule has 0 N–H and O–H groups in total. The maximum atomic E-state index is 4.67. The summed E-state index contributed by atoms with van der Waals surface area (Å²) in [4.78, 5) is 3.97. The predicted molar refractivity (Wildman–Crippen MR) is 54.4 cm³/mol. The van der Waals surface area contributed by atoms with Crippen molar-refractivity contribution in [2.75, 3.05) is 0 Å². The van der Waals surface area contributed by atoms with Crippen LogP contribution in [0.5, 0.6) is 0 Å². The Morgan fingerprint density at radius 1 is 1.21 bits per heavy atom. The fraction of sp³-hybridized carbons (Fsp3) is 0.0909. The van der Waals surface area contributed by atoms with Crippen LogP contribution in [0.4, 0.5) is 0 Å². The molecular formula is C11H10N2O. The quantitative estimate of drug-likeness (QED) is 0.723. The van der Waals surface area contributed by atoms with E-state index in [1.54, 1.807) is 0 Å². The van der Waals surface area contributed by atoms with Crippen molar-refractivity contribution in [2.24, 2.45) is 0 Å². The van der Waals surface area contributed by atoms with Crippen LogP contribution < -0.4 is 0 Å². The Bertz CT molecular complexity index is 415. The fourth-order valence-corrected chi connectivity index (χ4v) is 1.23. The number of aromatic nitrogens is 2. The van der Waals surface area contributed by atoms with E-state index in [0.29, 0.717) is 5.82 Å². The highest BCUT2D eigenvalue weighted by Gasteiger charge is 2.00. The van der Waals surface area contributed by atoms with Crippen molar-refractivity contribution >= 4 is 6.08 Å². The highest BCUT2D eigenvalue weighted by Crippen LogP contribution is 2.15. The molecule has 0 amide bonds. The fourth-order valence-electron chi connectivity index (χ4n) is 1.23. The first kappa shape index (κ1) is 8.69. The van der Waals surface area contributed by atoms with Gasteiger partial charge in [0.15, 0.2) is 0 Å². The SMILES string of the molecule is C/C=C/c1ccc(-c2ncon2)cc1. The summed E-state index contributed by atoms with van der Waals surface area (Å²) in [6.45, 7) is 1.99. The molecule has 1 heterocycles. The monoisotopic (exact) mass is 186 g/mol. The van der Waals surface area contributed by atoms with E-state index < -0.39 is 0 Å². The summed E-state index contributed by atoms with van der Waals surface area (Å²) < 4.78 is 4.67. The van der Waals surface area contributed by atoms with Crippen LogP contribution in [0.2, 0.25) is 0 Å². The molecule has 0 fully saturated rings. The van der Waals surface area contributed by atoms with Gasteiger partial charge in [-0.05, 0) is 12.5 Å². The molecule has 0 unspecified atom stereocenters. The van der Waals surface area contributed by atoms with Crippen molar-refractivity contribution < 1.29 is 4.52 Å². The van der Waals surface area contributed by atoms with E-state index in [4.69, 9.17) is 0 Å². The summed E-state index contributed by atoms with van der Waals surface area (Å²) in [7, 11) is 0. The standard InChI is InChI=1S/C11H10N2O/c1-2-3-9-4-6-10(7-5-9)11-12-8-14-13-11/h2-8H,1H3/b3-2+. The lowest BCUT2D eigenvalue weighted by Gasteiger charge is -1.95. The van der Waals surface area contributed by atoms with Crippen molar-refractivity contribution in [3.05, 3.63) is 42.3 Å². The van der Waals surface area contributed by atoms with Crippen LogP contribution in [0.25, 0.3) is 17.5 Å². The van der Waals surface area contributed by atoms with Crippen molar-refractivity contribution in [2.45, 2.75) is 6.92 Å². The second kappa shape index (κ2) is 3.87. The third-order valence-corrected chi connectivity index (χ3v) is 1.89. The Morgan fingerprint density at radius 2 is 2.00 bits per heavy atom. The van der Waals surface area contributed by atoms with E-state index in [-0.39, 0.29) is 0 Å². The van der Waals surface area contributed by atoms with E-state index in [0.717, 1.165) is 5.56 Å². The summed E-state index contributed by atoms with van der Waals surface area (Å²) in [6, 6.07) is 7.98. The minimum Gasteiger partial charge on any atom is -0.342 e. The summed E-state index contributed by atoms with van der Waals surface area (Å²) in [5, 5.41) is 3.76. The zero-order chi connectivity index (χ0) is 9.80. The van der Waals surface area contributed by atoms with E-state index in [9.17, 15) is 0 Å². The van der Waals surface area contributed by atoms with Gasteiger partial charge in [0.05, 0.1) is 0 Å². The Labute approximate surface area is 82.1 Å². The molecule has 2 rings (SSSR count). The van der Waals surface area contributed by atoms with Gasteiger partial charge < -0.3 is 4.52 Å². The molecule has 1 aromatic heterocycles. The van der Waals surface area contributed by atoms with Crippen LogP contribution in [0.15, 0.2) is 41.3 Å². The zero-order valence-electron chi connectivity index (χ0n) is 7.84. The molecule has 70 valence electrons. The molecule has 0 radical (unpaired) electrons. The number of hydrogen-bond acceptors (Lipinski definition) is 3. The van der Waals surface area contributed by atoms with Gasteiger partial charge >= 0.3 is 0 Å². The number of rotatable bonds is 2. The Morgan fingerprint density at radius 3 is 2.57 bits per heavy atom. The van der Waals surface area contributed by atoms with Crippen LogP contribution >= 0.6 is 0 Å². The van der Waals surface area contributed by atoms with Gasteiger partial charge in [-0.2, -0.15) is 4.98 Å². The number of hydrogen-bond donors (Lipinski definition) is 0. The van der Waals surface area contributed by atoms with Crippen molar-refractivity contribution in [3.8, 4) is 11.4 Å². The summed E-state index contributed by atoms with van der Waals surface area (Å²) in [6.07, 6.45) is 5.37. The maximum Gasteiger partial charge on any atom is 0.214 e. The molecule has 2 aromatic rings. The Kier molecular flexibility index (Phi) is 2.40. The zero-order valence-corrected chi connectivity index (χ0v) is 7.84. The van der Waals surface area contributed by atoms with Crippen molar-refractivity contribution in [1.29, 1.82) is 0 Å². The van der Waals surface area contributed by atoms with Gasteiger partial charge in [-0.25, -0.2) is 0 Å². The molecule has 0 atom stereocenters. The minimum absolute atomic E-state index is 0.622. The van der Waals surface area contributed by atoms with Crippen LogP contribution in [0.1, 0.15) is 12.5 Å². The number of benzene rings is 1. The summed E-state index contributed by atoms with van der Waals surface area (Å²) in [5.41, 5.74) is 2.13. The van der Waals surface area contributed by atoms with Crippen LogP contribution in [-0.4, -0.2) is 10.1 Å². The lowest BCUT2D eigenvalue weighted by Crippen LogP contribution is -1.80. The molecule has 0 aliphatic carbocycles. The van der Waals surface area contributed by atoms with Gasteiger partial charge in [-0.3, -0.25) is 0 Å². The van der Waals surface area contributed by atoms with Gasteiger partial charge in [0, 0.05) is 5.56 Å². The number of nitrogens with zero attached hydrogens (tertiary/aromatic N) is 2. The van der Waals surface area contributed by atoms with Gasteiger partial charge in [-0.15, -0.1) is 0 Å². The Hall–Kier alpha value is -1.90. The summed E-state index contributed by atoms with van der Waals surface area (Å²) >= 11 is 0. The lowest BCUT2D eigenvalue weighted by molar-refractivity contribution is 0.419. The van der Waals surface area contributed by atoms with Gasteiger partial charge in [-0.1, -0.05) is 41.6 Å². The lowest BCUT2D eigenvalue weighted by atomic mass is 10.1. The molecular weight excluding hydrogens is 176 g/mol. The van der Waals surface area contributed by atoms with E-state index in [1.165, 1.54) is 12.0 Å². The normalized spacial score (nSPS) is 10.9. The van der Waals surface area contributed by atoms with Crippen LogP contribution in [-0.2, 0) is 0 Å². The molecule has 3 nitrogen and oxygen atoms in total. The molecule has 0 bridgehead atoms. The molecule has 3 heteroatoms. The van der Waals surface area contributed by atoms with Gasteiger partial charge in [0.25, 0.3) is 0 Å². The highest BCUT2D eigenvalue weighted by molar-refractivity contribution is 5.58. The van der Waals surface area contributed by atoms with Crippen molar-refractivity contribution in [1.82, 2.24) is 10.1 Å². The average molecular weight is 186 g/mol. The highest BCUT2D eigenvalue weighted by atomic mass is 16.5. The molecule has 0 saturated heterocycles. The second-order valence-electron chi connectivity index (χ2n) is 2.88. The Balaban J connectivity index is 2.31. The maximum absolute atomic E-state index is 4.67. The predicted octanol–water partition coefficient (Wildman–Crippen LogP) is 2.77. The first-order valence-corrected chi connectivity index (χ1v) is 4.39. The second-order valence-corrected chi connectivity index (χ2v) is 2.88. The number of allylic oxidation sites excluding steroid dienone is 1. The first-order valence-electron chi connectivity index (χ1n) is 4.39. The first-order chi connectivity index (χ1) is 6.90.